The molecule has 0 saturated heterocycles. The summed E-state index contributed by atoms with van der Waals surface area (Å²) in [5, 5.41) is 20.7. The second-order valence-electron chi connectivity index (χ2n) is 7.14. The summed E-state index contributed by atoms with van der Waals surface area (Å²) in [6.45, 7) is 4.71. The number of imidazole rings is 1. The fourth-order valence-electron chi connectivity index (χ4n) is 3.37. The molecule has 0 atom stereocenters. The molecule has 2 N–H and O–H groups in total. The van der Waals surface area contributed by atoms with Crippen LogP contribution in [0.3, 0.4) is 0 Å². The van der Waals surface area contributed by atoms with E-state index in [9.17, 15) is 5.26 Å². The van der Waals surface area contributed by atoms with E-state index in [0.717, 1.165) is 33.8 Å². The van der Waals surface area contributed by atoms with Crippen molar-refractivity contribution in [3.8, 4) is 11.8 Å². The number of aromatic nitrogens is 3. The molecular formula is C23H22N6O. The molecule has 0 bridgehead atoms. The number of hydrogen-bond acceptors (Lipinski definition) is 6. The highest BCUT2D eigenvalue weighted by Gasteiger charge is 2.12. The summed E-state index contributed by atoms with van der Waals surface area (Å²) >= 11 is 0. The van der Waals surface area contributed by atoms with Gasteiger partial charge in [-0.15, -0.1) is 5.10 Å². The minimum Gasteiger partial charge on any atom is -0.497 e. The molecule has 0 fully saturated rings. The second kappa shape index (κ2) is 8.13. The lowest BCUT2D eigenvalue weighted by molar-refractivity contribution is 0.414. The molecule has 0 aliphatic heterocycles. The number of anilines is 3. The van der Waals surface area contributed by atoms with Gasteiger partial charge in [-0.2, -0.15) is 9.78 Å². The van der Waals surface area contributed by atoms with Crippen molar-refractivity contribution in [3.05, 3.63) is 77.1 Å². The van der Waals surface area contributed by atoms with Crippen molar-refractivity contribution >= 4 is 22.8 Å². The minimum atomic E-state index is 0.376. The van der Waals surface area contributed by atoms with Crippen molar-refractivity contribution in [2.75, 3.05) is 17.7 Å². The lowest BCUT2D eigenvalue weighted by Gasteiger charge is -2.13. The van der Waals surface area contributed by atoms with Crippen LogP contribution in [0.25, 0.3) is 5.65 Å². The minimum absolute atomic E-state index is 0.376. The molecule has 2 aromatic heterocycles. The number of fused-ring (bicyclic) bond motifs is 1. The third kappa shape index (κ3) is 4.03. The van der Waals surface area contributed by atoms with Crippen molar-refractivity contribution in [2.45, 2.75) is 20.4 Å². The predicted octanol–water partition coefficient (Wildman–Crippen LogP) is 4.58. The fraction of sp³-hybridized carbons (Fsp3) is 0.174. The van der Waals surface area contributed by atoms with Crippen LogP contribution in [0.4, 0.5) is 17.2 Å². The Hall–Kier alpha value is -4.05. The van der Waals surface area contributed by atoms with Crippen LogP contribution in [0.2, 0.25) is 0 Å². The van der Waals surface area contributed by atoms with Crippen LogP contribution >= 0.6 is 0 Å². The van der Waals surface area contributed by atoms with Gasteiger partial charge in [-0.25, -0.2) is 4.98 Å². The number of ether oxygens (including phenoxy) is 1. The lowest BCUT2D eigenvalue weighted by Crippen LogP contribution is -2.07. The Morgan fingerprint density at radius 1 is 1.07 bits per heavy atom. The number of aryl methyl sites for hydroxylation is 2. The van der Waals surface area contributed by atoms with Crippen LogP contribution in [-0.4, -0.2) is 21.7 Å². The number of methoxy groups -OCH3 is 1. The molecule has 0 saturated carbocycles. The predicted molar refractivity (Wildman–Crippen MR) is 117 cm³/mol. The molecule has 0 aliphatic carbocycles. The summed E-state index contributed by atoms with van der Waals surface area (Å²) in [5.74, 6) is 1.44. The van der Waals surface area contributed by atoms with Crippen molar-refractivity contribution < 1.29 is 4.74 Å². The van der Waals surface area contributed by atoms with Gasteiger partial charge in [-0.05, 0) is 54.8 Å². The molecule has 0 amide bonds. The van der Waals surface area contributed by atoms with Gasteiger partial charge in [0, 0.05) is 18.3 Å². The maximum Gasteiger partial charge on any atom is 0.178 e. The van der Waals surface area contributed by atoms with E-state index in [2.05, 4.69) is 58.8 Å². The van der Waals surface area contributed by atoms with Crippen LogP contribution < -0.4 is 15.4 Å². The zero-order chi connectivity index (χ0) is 21.1. The van der Waals surface area contributed by atoms with Gasteiger partial charge in [-0.1, -0.05) is 18.2 Å². The van der Waals surface area contributed by atoms with E-state index in [1.165, 1.54) is 6.20 Å². The molecule has 30 heavy (non-hydrogen) atoms. The third-order valence-electron chi connectivity index (χ3n) is 4.72. The molecule has 0 radical (unpaired) electrons. The molecule has 7 heteroatoms. The number of hydrogen-bond donors (Lipinski definition) is 2. The van der Waals surface area contributed by atoms with Gasteiger partial charge in [0.2, 0.25) is 0 Å². The van der Waals surface area contributed by atoms with Crippen LogP contribution in [0, 0.1) is 25.2 Å². The van der Waals surface area contributed by atoms with Crippen molar-refractivity contribution in [2.24, 2.45) is 0 Å². The first-order chi connectivity index (χ1) is 14.6. The molecular weight excluding hydrogens is 376 g/mol. The van der Waals surface area contributed by atoms with Gasteiger partial charge in [0.15, 0.2) is 17.2 Å². The number of nitrogens with zero attached hydrogens (tertiary/aromatic N) is 4. The number of benzene rings is 2. The Kier molecular flexibility index (Phi) is 5.22. The van der Waals surface area contributed by atoms with E-state index in [4.69, 9.17) is 4.74 Å². The maximum absolute atomic E-state index is 9.42. The summed E-state index contributed by atoms with van der Waals surface area (Å²) in [7, 11) is 1.65. The maximum atomic E-state index is 9.42. The Bertz CT molecular complexity index is 1220. The molecule has 0 spiro atoms. The lowest BCUT2D eigenvalue weighted by atomic mass is 10.1. The Labute approximate surface area is 175 Å². The molecule has 2 aromatic carbocycles. The summed E-state index contributed by atoms with van der Waals surface area (Å²) in [6.07, 6.45) is 1.53. The standard InChI is InChI=1S/C23H22N6O/c1-15-8-16(2)10-18(9-15)27-22-11-21(23-26-14-19(12-24)29(23)28-22)25-13-17-4-6-20(30-3)7-5-17/h4-11,14,25H,13H2,1-3H3,(H,27,28). The van der Waals surface area contributed by atoms with Crippen LogP contribution in [-0.2, 0) is 6.54 Å². The van der Waals surface area contributed by atoms with E-state index < -0.39 is 0 Å². The third-order valence-corrected chi connectivity index (χ3v) is 4.72. The average molecular weight is 398 g/mol. The summed E-state index contributed by atoms with van der Waals surface area (Å²) in [6, 6.07) is 18.1. The fourth-order valence-corrected chi connectivity index (χ4v) is 3.37. The van der Waals surface area contributed by atoms with Crippen molar-refractivity contribution in [1.29, 1.82) is 5.26 Å². The van der Waals surface area contributed by atoms with E-state index in [-0.39, 0.29) is 0 Å². The molecule has 0 unspecified atom stereocenters. The van der Waals surface area contributed by atoms with E-state index in [1.54, 1.807) is 11.6 Å². The van der Waals surface area contributed by atoms with Gasteiger partial charge in [-0.3, -0.25) is 0 Å². The molecule has 2 heterocycles. The Balaban J connectivity index is 1.67. The average Bonchev–Trinajstić information content (AvgIpc) is 3.15. The highest BCUT2D eigenvalue weighted by atomic mass is 16.5. The number of nitriles is 1. The smallest absolute Gasteiger partial charge is 0.178 e. The van der Waals surface area contributed by atoms with Crippen molar-refractivity contribution in [3.63, 3.8) is 0 Å². The first-order valence-corrected chi connectivity index (χ1v) is 9.57. The van der Waals surface area contributed by atoms with E-state index in [1.807, 2.05) is 30.3 Å². The second-order valence-corrected chi connectivity index (χ2v) is 7.14. The normalized spacial score (nSPS) is 10.6. The highest BCUT2D eigenvalue weighted by Crippen LogP contribution is 2.24. The van der Waals surface area contributed by atoms with Crippen molar-refractivity contribution in [1.82, 2.24) is 14.6 Å². The molecule has 7 nitrogen and oxygen atoms in total. The number of rotatable bonds is 6. The van der Waals surface area contributed by atoms with Gasteiger partial charge in [0.25, 0.3) is 0 Å². The largest absolute Gasteiger partial charge is 0.497 e. The highest BCUT2D eigenvalue weighted by molar-refractivity contribution is 5.73. The van der Waals surface area contributed by atoms with Gasteiger partial charge >= 0.3 is 0 Å². The molecule has 4 rings (SSSR count). The summed E-state index contributed by atoms with van der Waals surface area (Å²) < 4.78 is 6.77. The monoisotopic (exact) mass is 398 g/mol. The molecule has 150 valence electrons. The quantitative estimate of drug-likeness (QED) is 0.494. The Morgan fingerprint density at radius 3 is 2.47 bits per heavy atom. The van der Waals surface area contributed by atoms with Crippen LogP contribution in [0.15, 0.2) is 54.7 Å². The summed E-state index contributed by atoms with van der Waals surface area (Å²) in [5.41, 5.74) is 6.14. The van der Waals surface area contributed by atoms with Gasteiger partial charge in [0.1, 0.15) is 11.8 Å². The topological polar surface area (TPSA) is 87.3 Å². The first kappa shape index (κ1) is 19.3. The van der Waals surface area contributed by atoms with E-state index in [0.29, 0.717) is 23.7 Å². The van der Waals surface area contributed by atoms with Crippen LogP contribution in [0.5, 0.6) is 5.75 Å². The zero-order valence-corrected chi connectivity index (χ0v) is 17.1. The molecule has 0 aliphatic rings. The van der Waals surface area contributed by atoms with Gasteiger partial charge < -0.3 is 15.4 Å². The first-order valence-electron chi connectivity index (χ1n) is 9.57. The van der Waals surface area contributed by atoms with Gasteiger partial charge in [0.05, 0.1) is 19.0 Å². The zero-order valence-electron chi connectivity index (χ0n) is 17.1. The summed E-state index contributed by atoms with van der Waals surface area (Å²) in [4.78, 5) is 4.37. The SMILES string of the molecule is COc1ccc(CNc2cc(Nc3cc(C)cc(C)c3)nn3c(C#N)cnc23)cc1. The molecule has 4 aromatic rings. The van der Waals surface area contributed by atoms with E-state index >= 15 is 0 Å². The Morgan fingerprint density at radius 2 is 1.80 bits per heavy atom. The number of nitrogens with one attached hydrogen (secondary N) is 2. The van der Waals surface area contributed by atoms with Crippen LogP contribution in [0.1, 0.15) is 22.4 Å².